The maximum absolute atomic E-state index is 13.2. The van der Waals surface area contributed by atoms with E-state index in [0.29, 0.717) is 6.54 Å². The first-order valence-corrected chi connectivity index (χ1v) is 7.09. The summed E-state index contributed by atoms with van der Waals surface area (Å²) in [7, 11) is 0. The first-order valence-electron chi connectivity index (χ1n) is 5.04. The standard InChI is InChI=1S/C12H10BrClFNS/c13-9-4-5-17-11(9)7-16-6-8-2-1-3-10(15)12(8)14/h1-5,16H,6-7H2. The molecule has 1 nitrogen and oxygen atoms in total. The predicted octanol–water partition coefficient (Wildman–Crippen LogP) is 4.59. The Morgan fingerprint density at radius 1 is 1.29 bits per heavy atom. The molecule has 1 aromatic carbocycles. The fourth-order valence-electron chi connectivity index (χ4n) is 1.45. The zero-order chi connectivity index (χ0) is 12.3. The molecule has 0 aliphatic heterocycles. The Morgan fingerprint density at radius 3 is 2.82 bits per heavy atom. The molecule has 0 radical (unpaired) electrons. The van der Waals surface area contributed by atoms with Crippen molar-refractivity contribution in [3.63, 3.8) is 0 Å². The largest absolute Gasteiger partial charge is 0.308 e. The van der Waals surface area contributed by atoms with Crippen molar-refractivity contribution in [2.24, 2.45) is 0 Å². The quantitative estimate of drug-likeness (QED) is 0.862. The third-order valence-electron chi connectivity index (χ3n) is 2.32. The van der Waals surface area contributed by atoms with E-state index in [2.05, 4.69) is 21.2 Å². The number of hydrogen-bond acceptors (Lipinski definition) is 2. The summed E-state index contributed by atoms with van der Waals surface area (Å²) in [5.41, 5.74) is 0.777. The van der Waals surface area contributed by atoms with Gasteiger partial charge in [0.1, 0.15) is 5.82 Å². The smallest absolute Gasteiger partial charge is 0.142 e. The topological polar surface area (TPSA) is 12.0 Å². The summed E-state index contributed by atoms with van der Waals surface area (Å²) >= 11 is 11.0. The van der Waals surface area contributed by atoms with Crippen LogP contribution in [-0.2, 0) is 13.1 Å². The van der Waals surface area contributed by atoms with Gasteiger partial charge in [0.05, 0.1) is 5.02 Å². The van der Waals surface area contributed by atoms with Gasteiger partial charge in [-0.05, 0) is 39.0 Å². The van der Waals surface area contributed by atoms with Crippen molar-refractivity contribution in [2.45, 2.75) is 13.1 Å². The van der Waals surface area contributed by atoms with Gasteiger partial charge in [-0.25, -0.2) is 4.39 Å². The van der Waals surface area contributed by atoms with Crippen LogP contribution in [0.1, 0.15) is 10.4 Å². The minimum atomic E-state index is -0.372. The molecule has 2 aromatic rings. The summed E-state index contributed by atoms with van der Waals surface area (Å²) in [6, 6.07) is 6.86. The van der Waals surface area contributed by atoms with Gasteiger partial charge in [0.25, 0.3) is 0 Å². The number of benzene rings is 1. The van der Waals surface area contributed by atoms with E-state index < -0.39 is 0 Å². The van der Waals surface area contributed by atoms with Crippen LogP contribution >= 0.6 is 38.9 Å². The molecule has 0 amide bonds. The highest BCUT2D eigenvalue weighted by Gasteiger charge is 2.06. The molecule has 0 aliphatic rings. The van der Waals surface area contributed by atoms with E-state index >= 15 is 0 Å². The third kappa shape index (κ3) is 3.28. The summed E-state index contributed by atoms with van der Waals surface area (Å²) < 4.78 is 14.3. The van der Waals surface area contributed by atoms with E-state index in [1.165, 1.54) is 10.9 Å². The Labute approximate surface area is 117 Å². The van der Waals surface area contributed by atoms with Crippen LogP contribution in [0.25, 0.3) is 0 Å². The van der Waals surface area contributed by atoms with Gasteiger partial charge >= 0.3 is 0 Å². The van der Waals surface area contributed by atoms with Gasteiger partial charge in [-0.1, -0.05) is 23.7 Å². The lowest BCUT2D eigenvalue weighted by atomic mass is 10.2. The van der Waals surface area contributed by atoms with Gasteiger partial charge in [0, 0.05) is 22.4 Å². The van der Waals surface area contributed by atoms with Crippen molar-refractivity contribution >= 4 is 38.9 Å². The molecule has 2 rings (SSSR count). The minimum Gasteiger partial charge on any atom is -0.308 e. The number of nitrogens with one attached hydrogen (secondary N) is 1. The van der Waals surface area contributed by atoms with E-state index in [9.17, 15) is 4.39 Å². The van der Waals surface area contributed by atoms with Gasteiger partial charge < -0.3 is 5.32 Å². The van der Waals surface area contributed by atoms with Gasteiger partial charge in [-0.15, -0.1) is 11.3 Å². The predicted molar refractivity (Wildman–Crippen MR) is 74.0 cm³/mol. The Bertz CT molecular complexity index is 515. The summed E-state index contributed by atoms with van der Waals surface area (Å²) in [4.78, 5) is 1.22. The first kappa shape index (κ1) is 13.0. The molecule has 90 valence electrons. The van der Waals surface area contributed by atoms with E-state index in [-0.39, 0.29) is 10.8 Å². The lowest BCUT2D eigenvalue weighted by Crippen LogP contribution is -2.12. The van der Waals surface area contributed by atoms with Crippen molar-refractivity contribution < 1.29 is 4.39 Å². The lowest BCUT2D eigenvalue weighted by Gasteiger charge is -2.06. The number of thiophene rings is 1. The number of hydrogen-bond donors (Lipinski definition) is 1. The van der Waals surface area contributed by atoms with E-state index in [1.54, 1.807) is 17.4 Å². The molecule has 17 heavy (non-hydrogen) atoms. The maximum Gasteiger partial charge on any atom is 0.142 e. The molecule has 0 spiro atoms. The van der Waals surface area contributed by atoms with Crippen LogP contribution in [0.4, 0.5) is 4.39 Å². The molecule has 1 N–H and O–H groups in total. The van der Waals surface area contributed by atoms with E-state index in [0.717, 1.165) is 16.6 Å². The molecule has 5 heteroatoms. The van der Waals surface area contributed by atoms with Crippen molar-refractivity contribution in [3.8, 4) is 0 Å². The Kier molecular flexibility index (Phi) is 4.56. The fraction of sp³-hybridized carbons (Fsp3) is 0.167. The monoisotopic (exact) mass is 333 g/mol. The summed E-state index contributed by atoms with van der Waals surface area (Å²) in [6.45, 7) is 1.30. The summed E-state index contributed by atoms with van der Waals surface area (Å²) in [5, 5.41) is 5.47. The molecule has 1 aromatic heterocycles. The lowest BCUT2D eigenvalue weighted by molar-refractivity contribution is 0.621. The van der Waals surface area contributed by atoms with Gasteiger partial charge in [-0.2, -0.15) is 0 Å². The third-order valence-corrected chi connectivity index (χ3v) is 4.67. The summed E-state index contributed by atoms with van der Waals surface area (Å²) in [5.74, 6) is -0.372. The number of rotatable bonds is 4. The molecule has 0 aliphatic carbocycles. The number of halogens is 3. The van der Waals surface area contributed by atoms with Gasteiger partial charge in [-0.3, -0.25) is 0 Å². The molecule has 0 saturated carbocycles. The van der Waals surface area contributed by atoms with Crippen LogP contribution in [0.3, 0.4) is 0 Å². The SMILES string of the molecule is Fc1cccc(CNCc2sccc2Br)c1Cl. The normalized spacial score (nSPS) is 10.8. The van der Waals surface area contributed by atoms with Crippen LogP contribution in [-0.4, -0.2) is 0 Å². The van der Waals surface area contributed by atoms with Crippen molar-refractivity contribution in [2.75, 3.05) is 0 Å². The van der Waals surface area contributed by atoms with E-state index in [4.69, 9.17) is 11.6 Å². The second-order valence-electron chi connectivity index (χ2n) is 3.51. The van der Waals surface area contributed by atoms with Gasteiger partial charge in [0.15, 0.2) is 0 Å². The minimum absolute atomic E-state index is 0.199. The molecule has 1 heterocycles. The second kappa shape index (κ2) is 5.96. The Morgan fingerprint density at radius 2 is 2.12 bits per heavy atom. The molecule has 0 atom stereocenters. The highest BCUT2D eigenvalue weighted by molar-refractivity contribution is 9.10. The average molecular weight is 335 g/mol. The second-order valence-corrected chi connectivity index (χ2v) is 5.74. The zero-order valence-corrected chi connectivity index (χ0v) is 12.0. The van der Waals surface area contributed by atoms with Crippen molar-refractivity contribution in [1.29, 1.82) is 0 Å². The van der Waals surface area contributed by atoms with Crippen LogP contribution in [0.5, 0.6) is 0 Å². The van der Waals surface area contributed by atoms with Crippen LogP contribution < -0.4 is 5.32 Å². The van der Waals surface area contributed by atoms with Crippen molar-refractivity contribution in [1.82, 2.24) is 5.32 Å². The highest BCUT2D eigenvalue weighted by atomic mass is 79.9. The van der Waals surface area contributed by atoms with Crippen LogP contribution in [0.15, 0.2) is 34.1 Å². The molecule has 0 saturated heterocycles. The van der Waals surface area contributed by atoms with Crippen molar-refractivity contribution in [3.05, 3.63) is 55.4 Å². The molecular formula is C12H10BrClFNS. The molecular weight excluding hydrogens is 325 g/mol. The Balaban J connectivity index is 1.95. The summed E-state index contributed by atoms with van der Waals surface area (Å²) in [6.07, 6.45) is 0. The highest BCUT2D eigenvalue weighted by Crippen LogP contribution is 2.23. The van der Waals surface area contributed by atoms with Crippen LogP contribution in [0, 0.1) is 5.82 Å². The maximum atomic E-state index is 13.2. The molecule has 0 fully saturated rings. The molecule has 0 unspecified atom stereocenters. The van der Waals surface area contributed by atoms with E-state index in [1.807, 2.05) is 17.5 Å². The average Bonchev–Trinajstić information content (AvgIpc) is 2.71. The van der Waals surface area contributed by atoms with Crippen LogP contribution in [0.2, 0.25) is 5.02 Å². The zero-order valence-electron chi connectivity index (χ0n) is 8.84. The van der Waals surface area contributed by atoms with Gasteiger partial charge in [0.2, 0.25) is 0 Å². The Hall–Kier alpha value is -0.420. The molecule has 0 bridgehead atoms. The first-order chi connectivity index (χ1) is 8.18. The fourth-order valence-corrected chi connectivity index (χ4v) is 3.10.